The lowest BCUT2D eigenvalue weighted by Crippen LogP contribution is -2.03. The van der Waals surface area contributed by atoms with Gasteiger partial charge in [0.2, 0.25) is 0 Å². The molecule has 152 valence electrons. The van der Waals surface area contributed by atoms with Crippen molar-refractivity contribution in [2.24, 2.45) is 0 Å². The number of aromatic nitrogens is 1. The zero-order valence-corrected chi connectivity index (χ0v) is 18.4. The van der Waals surface area contributed by atoms with Crippen LogP contribution in [-0.4, -0.2) is 22.8 Å². The van der Waals surface area contributed by atoms with Gasteiger partial charge in [-0.15, -0.1) is 0 Å². The Bertz CT molecular complexity index is 1230. The predicted octanol–water partition coefficient (Wildman–Crippen LogP) is 6.06. The molecule has 4 nitrogen and oxygen atoms in total. The van der Waals surface area contributed by atoms with E-state index in [0.29, 0.717) is 0 Å². The van der Waals surface area contributed by atoms with Crippen LogP contribution in [0.4, 0.5) is 0 Å². The van der Waals surface area contributed by atoms with Gasteiger partial charge in [-0.1, -0.05) is 52.3 Å². The van der Waals surface area contributed by atoms with E-state index in [1.165, 1.54) is 5.56 Å². The van der Waals surface area contributed by atoms with Gasteiger partial charge in [0.15, 0.2) is 0 Å². The third kappa shape index (κ3) is 3.85. The molecule has 0 saturated carbocycles. The number of fused-ring (bicyclic) bond motifs is 1. The van der Waals surface area contributed by atoms with Crippen molar-refractivity contribution in [3.05, 3.63) is 88.0 Å². The molecule has 4 rings (SSSR count). The first-order valence-electron chi connectivity index (χ1n) is 9.69. The highest BCUT2D eigenvalue weighted by Crippen LogP contribution is 2.38. The van der Waals surface area contributed by atoms with Gasteiger partial charge in [0.25, 0.3) is 0 Å². The average molecular weight is 464 g/mol. The molecule has 0 unspecified atom stereocenters. The number of aliphatic carboxylic acids is 1. The molecule has 0 saturated heterocycles. The molecular formula is C25H22BrNO3. The number of benzene rings is 3. The Balaban J connectivity index is 1.95. The molecule has 0 atom stereocenters. The summed E-state index contributed by atoms with van der Waals surface area (Å²) in [5, 5.41) is 10.5. The van der Waals surface area contributed by atoms with Crippen molar-refractivity contribution in [1.29, 1.82) is 0 Å². The quantitative estimate of drug-likeness (QED) is 0.377. The number of hydrogen-bond donors (Lipinski definition) is 1. The Morgan fingerprint density at radius 2 is 1.80 bits per heavy atom. The Labute approximate surface area is 183 Å². The zero-order valence-electron chi connectivity index (χ0n) is 16.9. The molecular weight excluding hydrogens is 442 g/mol. The largest absolute Gasteiger partial charge is 0.497 e. The van der Waals surface area contributed by atoms with Crippen LogP contribution in [0, 0.1) is 6.92 Å². The van der Waals surface area contributed by atoms with Crippen molar-refractivity contribution in [1.82, 2.24) is 4.57 Å². The second-order valence-electron chi connectivity index (χ2n) is 7.28. The fraction of sp³-hybridized carbons (Fsp3) is 0.160. The van der Waals surface area contributed by atoms with E-state index in [2.05, 4.69) is 45.6 Å². The molecule has 0 aliphatic carbocycles. The molecule has 1 N–H and O–H groups in total. The first-order chi connectivity index (χ1) is 14.5. The summed E-state index contributed by atoms with van der Waals surface area (Å²) in [7, 11) is 1.66. The van der Waals surface area contributed by atoms with Crippen molar-refractivity contribution in [3.8, 4) is 16.9 Å². The number of halogens is 1. The van der Waals surface area contributed by atoms with Gasteiger partial charge < -0.3 is 14.4 Å². The fourth-order valence-electron chi connectivity index (χ4n) is 3.99. The normalized spacial score (nSPS) is 11.0. The summed E-state index contributed by atoms with van der Waals surface area (Å²) in [6, 6.07) is 22.1. The Hall–Kier alpha value is -3.05. The molecule has 0 amide bonds. The highest BCUT2D eigenvalue weighted by atomic mass is 79.9. The average Bonchev–Trinajstić information content (AvgIpc) is 3.00. The van der Waals surface area contributed by atoms with Crippen LogP contribution in [0.1, 0.15) is 16.8 Å². The molecule has 0 radical (unpaired) electrons. The van der Waals surface area contributed by atoms with Crippen molar-refractivity contribution >= 4 is 32.8 Å². The zero-order chi connectivity index (χ0) is 21.3. The molecule has 1 heterocycles. The van der Waals surface area contributed by atoms with E-state index in [0.717, 1.165) is 50.1 Å². The van der Waals surface area contributed by atoms with Gasteiger partial charge in [0, 0.05) is 33.2 Å². The number of methoxy groups -OCH3 is 1. The minimum atomic E-state index is -0.837. The lowest BCUT2D eigenvalue weighted by Gasteiger charge is -2.11. The number of ether oxygens (including phenoxy) is 1. The highest BCUT2D eigenvalue weighted by molar-refractivity contribution is 9.10. The van der Waals surface area contributed by atoms with Gasteiger partial charge in [-0.25, -0.2) is 0 Å². The Kier molecular flexibility index (Phi) is 5.64. The van der Waals surface area contributed by atoms with E-state index < -0.39 is 5.97 Å². The van der Waals surface area contributed by atoms with Crippen molar-refractivity contribution in [2.45, 2.75) is 19.9 Å². The number of hydrogen-bond acceptors (Lipinski definition) is 2. The molecule has 1 aromatic heterocycles. The first kappa shape index (κ1) is 20.2. The minimum absolute atomic E-state index is 0.0149. The summed E-state index contributed by atoms with van der Waals surface area (Å²) >= 11 is 3.49. The van der Waals surface area contributed by atoms with Gasteiger partial charge in [-0.3, -0.25) is 4.79 Å². The second-order valence-corrected chi connectivity index (χ2v) is 8.20. The number of carboxylic acids is 1. The molecule has 3 aromatic carbocycles. The molecule has 30 heavy (non-hydrogen) atoms. The second kappa shape index (κ2) is 8.36. The minimum Gasteiger partial charge on any atom is -0.497 e. The number of carboxylic acid groups (broad SMARTS) is 1. The summed E-state index contributed by atoms with van der Waals surface area (Å²) < 4.78 is 8.81. The van der Waals surface area contributed by atoms with Crippen molar-refractivity contribution < 1.29 is 14.6 Å². The SMILES string of the molecule is COc1ccc2c(c1)c(-c1ccccc1CC(=O)O)c(C)n2Cc1ccc(Br)cc1. The maximum absolute atomic E-state index is 11.4. The molecule has 0 bridgehead atoms. The van der Waals surface area contributed by atoms with E-state index in [-0.39, 0.29) is 6.42 Å². The lowest BCUT2D eigenvalue weighted by atomic mass is 9.95. The fourth-order valence-corrected chi connectivity index (χ4v) is 4.25. The number of rotatable bonds is 6. The van der Waals surface area contributed by atoms with E-state index in [1.807, 2.05) is 48.5 Å². The van der Waals surface area contributed by atoms with Crippen LogP contribution >= 0.6 is 15.9 Å². The van der Waals surface area contributed by atoms with Crippen molar-refractivity contribution in [3.63, 3.8) is 0 Å². The van der Waals surface area contributed by atoms with Gasteiger partial charge in [-0.2, -0.15) is 0 Å². The van der Waals surface area contributed by atoms with E-state index in [4.69, 9.17) is 4.74 Å². The number of carbonyl (C=O) groups is 1. The van der Waals surface area contributed by atoms with Crippen LogP contribution < -0.4 is 4.74 Å². The van der Waals surface area contributed by atoms with Crippen molar-refractivity contribution in [2.75, 3.05) is 7.11 Å². The van der Waals surface area contributed by atoms with Crippen LogP contribution in [0.25, 0.3) is 22.0 Å². The third-order valence-corrected chi connectivity index (χ3v) is 5.94. The van der Waals surface area contributed by atoms with E-state index in [9.17, 15) is 9.90 Å². The van der Waals surface area contributed by atoms with E-state index in [1.54, 1.807) is 7.11 Å². The Morgan fingerprint density at radius 1 is 1.07 bits per heavy atom. The van der Waals surface area contributed by atoms with Crippen LogP contribution in [0.5, 0.6) is 5.75 Å². The van der Waals surface area contributed by atoms with Crippen LogP contribution in [0.2, 0.25) is 0 Å². The summed E-state index contributed by atoms with van der Waals surface area (Å²) in [6.45, 7) is 2.82. The van der Waals surface area contributed by atoms with Gasteiger partial charge in [0.05, 0.1) is 13.5 Å². The lowest BCUT2D eigenvalue weighted by molar-refractivity contribution is -0.136. The number of nitrogens with zero attached hydrogens (tertiary/aromatic N) is 1. The maximum Gasteiger partial charge on any atom is 0.307 e. The predicted molar refractivity (Wildman–Crippen MR) is 123 cm³/mol. The van der Waals surface area contributed by atoms with Crippen LogP contribution in [-0.2, 0) is 17.8 Å². The molecule has 0 aliphatic heterocycles. The Morgan fingerprint density at radius 3 is 2.50 bits per heavy atom. The summed E-state index contributed by atoms with van der Waals surface area (Å²) in [6.07, 6.45) is -0.0149. The maximum atomic E-state index is 11.4. The smallest absolute Gasteiger partial charge is 0.307 e. The standard InChI is InChI=1S/C25H22BrNO3/c1-16-25(21-6-4-3-5-18(21)13-24(28)29)22-14-20(30-2)11-12-23(22)27(16)15-17-7-9-19(26)10-8-17/h3-12,14H,13,15H2,1-2H3,(H,28,29). The third-order valence-electron chi connectivity index (χ3n) is 5.41. The highest BCUT2D eigenvalue weighted by Gasteiger charge is 2.19. The molecule has 5 heteroatoms. The summed E-state index contributed by atoms with van der Waals surface area (Å²) in [5.74, 6) is -0.0588. The van der Waals surface area contributed by atoms with Gasteiger partial charge in [0.1, 0.15) is 5.75 Å². The van der Waals surface area contributed by atoms with Crippen LogP contribution in [0.15, 0.2) is 71.2 Å². The van der Waals surface area contributed by atoms with Crippen LogP contribution in [0.3, 0.4) is 0 Å². The molecule has 4 aromatic rings. The van der Waals surface area contributed by atoms with Gasteiger partial charge >= 0.3 is 5.97 Å². The molecule has 0 fully saturated rings. The summed E-state index contributed by atoms with van der Waals surface area (Å²) in [4.78, 5) is 11.4. The van der Waals surface area contributed by atoms with E-state index >= 15 is 0 Å². The summed E-state index contributed by atoms with van der Waals surface area (Å²) in [5.41, 5.74) is 6.19. The molecule has 0 aliphatic rings. The monoisotopic (exact) mass is 463 g/mol. The topological polar surface area (TPSA) is 51.5 Å². The molecule has 0 spiro atoms. The first-order valence-corrected chi connectivity index (χ1v) is 10.5. The van der Waals surface area contributed by atoms with Gasteiger partial charge in [-0.05, 0) is 53.9 Å².